The molecule has 2 aliphatic rings. The zero-order chi connectivity index (χ0) is 24.2. The monoisotopic (exact) mass is 537 g/mol. The van der Waals surface area contributed by atoms with E-state index in [9.17, 15) is 4.79 Å². The molecule has 2 aliphatic heterocycles. The van der Waals surface area contributed by atoms with Crippen LogP contribution in [0.25, 0.3) is 22.3 Å². The Morgan fingerprint density at radius 1 is 1.19 bits per heavy atom. The molecule has 2 saturated heterocycles. The lowest BCUT2D eigenvalue weighted by atomic mass is 9.96. The molecule has 0 aliphatic carbocycles. The van der Waals surface area contributed by atoms with E-state index < -0.39 is 0 Å². The number of piperidine rings is 1. The third-order valence-electron chi connectivity index (χ3n) is 7.08. The summed E-state index contributed by atoms with van der Waals surface area (Å²) in [5.41, 5.74) is 1.92. The lowest BCUT2D eigenvalue weighted by molar-refractivity contribution is -0.126. The van der Waals surface area contributed by atoms with Crippen molar-refractivity contribution in [1.29, 1.82) is 0 Å². The van der Waals surface area contributed by atoms with Crippen molar-refractivity contribution in [3.05, 3.63) is 35.3 Å². The van der Waals surface area contributed by atoms with E-state index in [-0.39, 0.29) is 30.8 Å². The fourth-order valence-corrected chi connectivity index (χ4v) is 5.42. The van der Waals surface area contributed by atoms with Crippen molar-refractivity contribution in [2.45, 2.75) is 38.8 Å². The average molecular weight is 538 g/mol. The van der Waals surface area contributed by atoms with Gasteiger partial charge in [0.25, 0.3) is 0 Å². The van der Waals surface area contributed by atoms with Crippen LogP contribution in [0, 0.1) is 11.8 Å². The number of hydrogen-bond donors (Lipinski definition) is 2. The summed E-state index contributed by atoms with van der Waals surface area (Å²) in [7, 11) is 0. The van der Waals surface area contributed by atoms with Gasteiger partial charge in [-0.05, 0) is 50.8 Å². The first kappa shape index (κ1) is 26.9. The predicted molar refractivity (Wildman–Crippen MR) is 139 cm³/mol. The molecular weight excluding hydrogens is 505 g/mol. The van der Waals surface area contributed by atoms with Gasteiger partial charge in [-0.15, -0.1) is 12.4 Å². The van der Waals surface area contributed by atoms with Gasteiger partial charge < -0.3 is 24.3 Å². The number of likely N-dealkylation sites (tertiary alicyclic amines) is 1. The van der Waals surface area contributed by atoms with E-state index in [0.29, 0.717) is 30.7 Å². The highest BCUT2D eigenvalue weighted by atomic mass is 35.5. The number of aromatic nitrogens is 3. The minimum atomic E-state index is -0.0372. The van der Waals surface area contributed by atoms with E-state index in [0.717, 1.165) is 80.0 Å². The van der Waals surface area contributed by atoms with Crippen LogP contribution in [0.1, 0.15) is 31.6 Å². The van der Waals surface area contributed by atoms with Crippen LogP contribution in [0.3, 0.4) is 0 Å². The van der Waals surface area contributed by atoms with Crippen molar-refractivity contribution >= 4 is 40.8 Å². The van der Waals surface area contributed by atoms with Crippen molar-refractivity contribution < 1.29 is 19.2 Å². The second-order valence-electron chi connectivity index (χ2n) is 9.46. The molecule has 11 heteroatoms. The van der Waals surface area contributed by atoms with Crippen LogP contribution < -0.4 is 5.32 Å². The number of aliphatic hydroxyl groups is 1. The fourth-order valence-electron chi connectivity index (χ4n) is 5.14. The van der Waals surface area contributed by atoms with E-state index in [1.54, 1.807) is 0 Å². The van der Waals surface area contributed by atoms with Crippen LogP contribution in [0.15, 0.2) is 28.9 Å². The summed E-state index contributed by atoms with van der Waals surface area (Å²) < 4.78 is 13.4. The molecule has 2 fully saturated rings. The lowest BCUT2D eigenvalue weighted by Gasteiger charge is -2.30. The van der Waals surface area contributed by atoms with E-state index in [2.05, 4.69) is 32.2 Å². The number of carbonyl (C=O) groups excluding carboxylic acids is 1. The smallest absolute Gasteiger partial charge is 0.241 e. The van der Waals surface area contributed by atoms with E-state index >= 15 is 0 Å². The number of halogens is 2. The van der Waals surface area contributed by atoms with E-state index in [1.807, 2.05) is 12.1 Å². The molecular formula is C25H33Cl2N5O4. The Labute approximate surface area is 221 Å². The van der Waals surface area contributed by atoms with Gasteiger partial charge in [-0.3, -0.25) is 9.69 Å². The van der Waals surface area contributed by atoms with Gasteiger partial charge in [0.2, 0.25) is 17.6 Å². The molecule has 3 aromatic rings. The molecule has 9 nitrogen and oxygen atoms in total. The summed E-state index contributed by atoms with van der Waals surface area (Å²) in [5.74, 6) is 1.70. The molecule has 2 N–H and O–H groups in total. The largest absolute Gasteiger partial charge is 0.395 e. The van der Waals surface area contributed by atoms with Crippen molar-refractivity contribution in [3.8, 4) is 11.4 Å². The number of benzene rings is 1. The molecule has 1 amide bonds. The molecule has 0 atom stereocenters. The molecule has 196 valence electrons. The first-order chi connectivity index (χ1) is 17.1. The van der Waals surface area contributed by atoms with Crippen LogP contribution in [-0.2, 0) is 22.6 Å². The van der Waals surface area contributed by atoms with Gasteiger partial charge in [0, 0.05) is 49.4 Å². The minimum absolute atomic E-state index is 0. The number of hydrogen-bond acceptors (Lipinski definition) is 7. The van der Waals surface area contributed by atoms with Crippen molar-refractivity contribution in [2.24, 2.45) is 11.8 Å². The number of carbonyl (C=O) groups is 1. The highest BCUT2D eigenvalue weighted by Gasteiger charge is 2.26. The topological polar surface area (TPSA) is 106 Å². The number of fused-ring (bicyclic) bond motifs is 1. The van der Waals surface area contributed by atoms with E-state index in [1.165, 1.54) is 0 Å². The van der Waals surface area contributed by atoms with Gasteiger partial charge >= 0.3 is 0 Å². The number of aliphatic hydroxyl groups excluding tert-OH is 1. The number of nitrogens with one attached hydrogen (secondary N) is 1. The second kappa shape index (κ2) is 12.4. The Morgan fingerprint density at radius 2 is 1.97 bits per heavy atom. The van der Waals surface area contributed by atoms with Gasteiger partial charge in [0.15, 0.2) is 0 Å². The number of nitrogens with zero attached hydrogens (tertiary/aromatic N) is 4. The summed E-state index contributed by atoms with van der Waals surface area (Å²) in [6, 6.07) is 5.93. The van der Waals surface area contributed by atoms with E-state index in [4.69, 9.17) is 31.0 Å². The quantitative estimate of drug-likeness (QED) is 0.452. The highest BCUT2D eigenvalue weighted by Crippen LogP contribution is 2.34. The molecule has 0 saturated carbocycles. The van der Waals surface area contributed by atoms with Crippen molar-refractivity contribution in [2.75, 3.05) is 39.5 Å². The van der Waals surface area contributed by atoms with Gasteiger partial charge in [0.1, 0.15) is 0 Å². The minimum Gasteiger partial charge on any atom is -0.395 e. The standard InChI is InChI=1S/C25H32ClN5O4.ClH/c26-21-3-1-2-19-20(15-31(23(19)21)14-17-6-12-34-13-7-17)24-28-22(35-29-24)16-30-9-4-18(5-10-30)25(33)27-8-11-32;/h1-3,15,17-18,32H,4-14,16H2,(H,27,33);1H. The first-order valence-corrected chi connectivity index (χ1v) is 12.8. The van der Waals surface area contributed by atoms with Crippen molar-refractivity contribution in [1.82, 2.24) is 24.9 Å². The molecule has 4 heterocycles. The number of ether oxygens (including phenoxy) is 1. The van der Waals surface area contributed by atoms with Crippen LogP contribution in [0.5, 0.6) is 0 Å². The molecule has 1 aromatic carbocycles. The molecule has 0 unspecified atom stereocenters. The van der Waals surface area contributed by atoms with Crippen LogP contribution in [0.2, 0.25) is 5.02 Å². The zero-order valence-corrected chi connectivity index (χ0v) is 21.8. The van der Waals surface area contributed by atoms with Crippen molar-refractivity contribution in [3.63, 3.8) is 0 Å². The van der Waals surface area contributed by atoms with Gasteiger partial charge in [0.05, 0.1) is 23.7 Å². The Balaban J connectivity index is 0.00000304. The number of rotatable bonds is 8. The molecule has 36 heavy (non-hydrogen) atoms. The third kappa shape index (κ3) is 6.03. The second-order valence-corrected chi connectivity index (χ2v) is 9.87. The molecule has 5 rings (SSSR count). The maximum Gasteiger partial charge on any atom is 0.241 e. The number of para-hydroxylation sites is 1. The summed E-state index contributed by atoms with van der Waals surface area (Å²) in [5, 5.41) is 17.7. The lowest BCUT2D eigenvalue weighted by Crippen LogP contribution is -2.40. The highest BCUT2D eigenvalue weighted by molar-refractivity contribution is 6.35. The summed E-state index contributed by atoms with van der Waals surface area (Å²) in [4.78, 5) is 19.1. The van der Waals surface area contributed by atoms with Crippen LogP contribution in [-0.4, -0.2) is 70.1 Å². The summed E-state index contributed by atoms with van der Waals surface area (Å²) in [6.45, 7) is 4.90. The Kier molecular flexibility index (Phi) is 9.25. The van der Waals surface area contributed by atoms with Crippen LogP contribution in [0.4, 0.5) is 0 Å². The molecule has 0 radical (unpaired) electrons. The predicted octanol–water partition coefficient (Wildman–Crippen LogP) is 3.51. The Hall–Kier alpha value is -2.17. The van der Waals surface area contributed by atoms with Crippen LogP contribution >= 0.6 is 24.0 Å². The van der Waals surface area contributed by atoms with Gasteiger partial charge in [-0.1, -0.05) is 28.9 Å². The summed E-state index contributed by atoms with van der Waals surface area (Å²) >= 11 is 6.62. The molecule has 0 spiro atoms. The fraction of sp³-hybridized carbons (Fsp3) is 0.560. The maximum atomic E-state index is 12.1. The summed E-state index contributed by atoms with van der Waals surface area (Å²) in [6.07, 6.45) is 5.74. The zero-order valence-electron chi connectivity index (χ0n) is 20.2. The number of amides is 1. The normalized spacial score (nSPS) is 17.8. The molecule has 0 bridgehead atoms. The van der Waals surface area contributed by atoms with Gasteiger partial charge in [-0.2, -0.15) is 4.98 Å². The SMILES string of the molecule is Cl.O=C(NCCO)C1CCN(Cc2nc(-c3cn(CC4CCOCC4)c4c(Cl)cccc34)no2)CC1. The maximum absolute atomic E-state index is 12.1. The Bertz CT molecular complexity index is 1150. The third-order valence-corrected chi connectivity index (χ3v) is 7.39. The molecule has 2 aromatic heterocycles. The first-order valence-electron chi connectivity index (χ1n) is 12.4. The average Bonchev–Trinajstić information content (AvgIpc) is 3.49. The van der Waals surface area contributed by atoms with Gasteiger partial charge in [-0.25, -0.2) is 0 Å². The Morgan fingerprint density at radius 3 is 2.72 bits per heavy atom.